The topological polar surface area (TPSA) is 81.9 Å². The number of hydrogen-bond donors (Lipinski definition) is 0. The van der Waals surface area contributed by atoms with Crippen molar-refractivity contribution < 1.29 is 4.74 Å². The van der Waals surface area contributed by atoms with Crippen LogP contribution in [-0.4, -0.2) is 61.4 Å². The molecule has 0 bridgehead atoms. The van der Waals surface area contributed by atoms with Crippen LogP contribution in [0.25, 0.3) is 27.4 Å². The van der Waals surface area contributed by atoms with Crippen molar-refractivity contribution in [2.75, 3.05) is 26.3 Å². The number of ether oxygens (including phenoxy) is 1. The van der Waals surface area contributed by atoms with Gasteiger partial charge in [0.1, 0.15) is 10.7 Å². The highest BCUT2D eigenvalue weighted by Crippen LogP contribution is 2.39. The highest BCUT2D eigenvalue weighted by molar-refractivity contribution is 7.18. The van der Waals surface area contributed by atoms with E-state index in [1.807, 2.05) is 24.3 Å². The molecule has 0 amide bonds. The fourth-order valence-corrected chi connectivity index (χ4v) is 6.08. The van der Waals surface area contributed by atoms with Gasteiger partial charge in [-0.15, -0.1) is 26.3 Å². The summed E-state index contributed by atoms with van der Waals surface area (Å²) in [6, 6.07) is 7.46. The average Bonchev–Trinajstić information content (AvgIpc) is 3.44. The third kappa shape index (κ3) is 4.14. The second-order valence-corrected chi connectivity index (χ2v) is 10.3. The number of fused-ring (bicyclic) bond motifs is 3. The molecule has 0 spiro atoms. The molecule has 4 heterocycles. The summed E-state index contributed by atoms with van der Waals surface area (Å²) in [4.78, 5) is 16.3. The number of nitrogens with zero attached hydrogens (tertiary/aromatic N) is 7. The second kappa shape index (κ2) is 8.72. The number of halogens is 1. The van der Waals surface area contributed by atoms with E-state index in [0.717, 1.165) is 66.6 Å². The zero-order chi connectivity index (χ0) is 22.4. The number of hydrogen-bond acceptors (Lipinski definition) is 8. The average molecular weight is 482 g/mol. The third-order valence-electron chi connectivity index (χ3n) is 6.36. The molecule has 33 heavy (non-hydrogen) atoms. The second-order valence-electron chi connectivity index (χ2n) is 8.79. The van der Waals surface area contributed by atoms with Crippen molar-refractivity contribution in [3.8, 4) is 17.2 Å². The molecule has 1 saturated heterocycles. The highest BCUT2D eigenvalue weighted by atomic mass is 35.5. The molecule has 8 nitrogen and oxygen atoms in total. The summed E-state index contributed by atoms with van der Waals surface area (Å²) in [6.45, 7) is 6.27. The lowest BCUT2D eigenvalue weighted by molar-refractivity contribution is 0.0331. The molecular weight excluding hydrogens is 458 g/mol. The van der Waals surface area contributed by atoms with Gasteiger partial charge in [-0.1, -0.05) is 18.5 Å². The van der Waals surface area contributed by atoms with E-state index in [-0.39, 0.29) is 0 Å². The number of rotatable bonds is 4. The zero-order valence-electron chi connectivity index (χ0n) is 18.4. The Bertz CT molecular complexity index is 1300. The molecule has 170 valence electrons. The van der Waals surface area contributed by atoms with Gasteiger partial charge in [0.05, 0.1) is 25.1 Å². The van der Waals surface area contributed by atoms with E-state index >= 15 is 0 Å². The van der Waals surface area contributed by atoms with Crippen molar-refractivity contribution in [1.82, 2.24) is 35.1 Å². The Kier molecular flexibility index (Phi) is 5.57. The van der Waals surface area contributed by atoms with Crippen LogP contribution in [0.1, 0.15) is 29.6 Å². The van der Waals surface area contributed by atoms with Gasteiger partial charge < -0.3 is 4.74 Å². The van der Waals surface area contributed by atoms with E-state index < -0.39 is 0 Å². The first-order chi connectivity index (χ1) is 16.1. The predicted octanol–water partition coefficient (Wildman–Crippen LogP) is 3.94. The Morgan fingerprint density at radius 1 is 1.15 bits per heavy atom. The van der Waals surface area contributed by atoms with Gasteiger partial charge in [0, 0.05) is 28.6 Å². The monoisotopic (exact) mass is 481 g/mol. The number of thiophene rings is 1. The summed E-state index contributed by atoms with van der Waals surface area (Å²) in [6.07, 6.45) is 3.30. The summed E-state index contributed by atoms with van der Waals surface area (Å²) >= 11 is 7.83. The highest BCUT2D eigenvalue weighted by Gasteiger charge is 2.26. The first-order valence-electron chi connectivity index (χ1n) is 11.3. The smallest absolute Gasteiger partial charge is 0.205 e. The summed E-state index contributed by atoms with van der Waals surface area (Å²) in [5.74, 6) is 2.75. The van der Waals surface area contributed by atoms with E-state index in [1.165, 1.54) is 16.9 Å². The van der Waals surface area contributed by atoms with Crippen molar-refractivity contribution in [3.05, 3.63) is 45.6 Å². The van der Waals surface area contributed by atoms with Crippen LogP contribution in [0.5, 0.6) is 0 Å². The number of morpholine rings is 1. The van der Waals surface area contributed by atoms with Crippen molar-refractivity contribution in [3.63, 3.8) is 0 Å². The van der Waals surface area contributed by atoms with Crippen LogP contribution in [0.2, 0.25) is 5.02 Å². The largest absolute Gasteiger partial charge is 0.379 e. The lowest BCUT2D eigenvalue weighted by Gasteiger charge is -2.25. The van der Waals surface area contributed by atoms with Crippen LogP contribution in [-0.2, 0) is 24.1 Å². The normalized spacial score (nSPS) is 19.2. The molecule has 0 unspecified atom stereocenters. The van der Waals surface area contributed by atoms with E-state index in [9.17, 15) is 0 Å². The molecule has 0 radical (unpaired) electrons. The maximum Gasteiger partial charge on any atom is 0.205 e. The lowest BCUT2D eigenvalue weighted by Crippen LogP contribution is -2.36. The van der Waals surface area contributed by atoms with Crippen molar-refractivity contribution in [2.24, 2.45) is 5.92 Å². The number of aryl methyl sites for hydroxylation is 1. The fourth-order valence-electron chi connectivity index (χ4n) is 4.56. The van der Waals surface area contributed by atoms with Gasteiger partial charge in [-0.05, 0) is 60.2 Å². The molecule has 1 fully saturated rings. The van der Waals surface area contributed by atoms with Crippen LogP contribution in [0, 0.1) is 5.92 Å². The maximum absolute atomic E-state index is 6.04. The molecule has 4 aromatic rings. The predicted molar refractivity (Wildman–Crippen MR) is 128 cm³/mol. The van der Waals surface area contributed by atoms with Crippen LogP contribution in [0.15, 0.2) is 24.3 Å². The first-order valence-corrected chi connectivity index (χ1v) is 12.5. The summed E-state index contributed by atoms with van der Waals surface area (Å²) in [7, 11) is 0. The minimum atomic E-state index is 0.547. The van der Waals surface area contributed by atoms with E-state index in [1.54, 1.807) is 16.1 Å². The van der Waals surface area contributed by atoms with E-state index in [2.05, 4.69) is 22.1 Å². The van der Waals surface area contributed by atoms with Gasteiger partial charge in [0.15, 0.2) is 5.82 Å². The summed E-state index contributed by atoms with van der Waals surface area (Å²) in [5, 5.41) is 15.1. The van der Waals surface area contributed by atoms with Gasteiger partial charge in [-0.2, -0.15) is 0 Å². The van der Waals surface area contributed by atoms with Crippen LogP contribution < -0.4 is 0 Å². The molecule has 1 atom stereocenters. The number of aromatic nitrogens is 6. The Morgan fingerprint density at radius 3 is 2.79 bits per heavy atom. The molecule has 0 saturated carbocycles. The quantitative estimate of drug-likeness (QED) is 0.436. The molecule has 3 aromatic heterocycles. The Labute approximate surface area is 200 Å². The molecule has 2 aliphatic rings. The van der Waals surface area contributed by atoms with Gasteiger partial charge in [-0.3, -0.25) is 4.90 Å². The minimum Gasteiger partial charge on any atom is -0.379 e. The molecule has 1 aliphatic heterocycles. The van der Waals surface area contributed by atoms with Gasteiger partial charge >= 0.3 is 0 Å². The summed E-state index contributed by atoms with van der Waals surface area (Å²) < 4.78 is 5.50. The number of tetrazole rings is 1. The van der Waals surface area contributed by atoms with Gasteiger partial charge in [-0.25, -0.2) is 9.97 Å². The molecule has 0 N–H and O–H groups in total. The van der Waals surface area contributed by atoms with Crippen molar-refractivity contribution in [2.45, 2.75) is 32.7 Å². The van der Waals surface area contributed by atoms with Crippen LogP contribution in [0.3, 0.4) is 0 Å². The zero-order valence-corrected chi connectivity index (χ0v) is 19.9. The third-order valence-corrected chi connectivity index (χ3v) is 7.76. The first kappa shape index (κ1) is 21.1. The molecule has 1 aromatic carbocycles. The molecule has 6 rings (SSSR count). The molecular formula is C23H24ClN7OS. The SMILES string of the molecule is C[C@@H]1CCc2c(sc3nc(CN4CCOCC4)nc(-n4nnc(-c5ccc(Cl)cc5)n4)c23)C1. The van der Waals surface area contributed by atoms with E-state index in [0.29, 0.717) is 23.3 Å². The maximum atomic E-state index is 6.04. The standard InChI is InChI=1S/C23H24ClN7OS/c1-14-2-7-17-18(12-14)33-23-20(17)22(25-19(26-23)13-30-8-10-32-11-9-30)31-28-21(27-29-31)15-3-5-16(24)6-4-15/h3-6,14H,2,7-13H2,1H3/t14-/m1/s1. The van der Waals surface area contributed by atoms with Crippen molar-refractivity contribution >= 4 is 33.2 Å². The Balaban J connectivity index is 1.45. The Morgan fingerprint density at radius 2 is 1.97 bits per heavy atom. The minimum absolute atomic E-state index is 0.547. The van der Waals surface area contributed by atoms with Crippen molar-refractivity contribution in [1.29, 1.82) is 0 Å². The number of benzene rings is 1. The summed E-state index contributed by atoms with van der Waals surface area (Å²) in [5.41, 5.74) is 2.22. The van der Waals surface area contributed by atoms with E-state index in [4.69, 9.17) is 31.4 Å². The fraction of sp³-hybridized carbons (Fsp3) is 0.435. The molecule has 10 heteroatoms. The lowest BCUT2D eigenvalue weighted by atomic mass is 9.89. The molecule has 1 aliphatic carbocycles. The van der Waals surface area contributed by atoms with Crippen LogP contribution >= 0.6 is 22.9 Å². The van der Waals surface area contributed by atoms with Crippen LogP contribution in [0.4, 0.5) is 0 Å². The van der Waals surface area contributed by atoms with Gasteiger partial charge in [0.2, 0.25) is 5.82 Å². The Hall–Kier alpha value is -2.46. The van der Waals surface area contributed by atoms with Gasteiger partial charge in [0.25, 0.3) is 0 Å².